The Morgan fingerprint density at radius 1 is 1.67 bits per heavy atom. The smallest absolute Gasteiger partial charge is 0.252 e. The number of rotatable bonds is 2. The number of H-pyrrole nitrogens is 1. The van der Waals surface area contributed by atoms with Crippen LogP contribution in [-0.4, -0.2) is 24.1 Å². The van der Waals surface area contributed by atoms with Crippen LogP contribution in [0.15, 0.2) is 10.9 Å². The van der Waals surface area contributed by atoms with Crippen LogP contribution >= 0.6 is 11.6 Å². The third-order valence-corrected chi connectivity index (χ3v) is 1.62. The Labute approximate surface area is 75.2 Å². The van der Waals surface area contributed by atoms with E-state index in [1.54, 1.807) is 19.0 Å². The van der Waals surface area contributed by atoms with Crippen LogP contribution in [-0.2, 0) is 5.88 Å². The fourth-order valence-electron chi connectivity index (χ4n) is 0.774. The Morgan fingerprint density at radius 3 is 2.83 bits per heavy atom. The number of anilines is 1. The molecule has 4 nitrogen and oxygen atoms in total. The maximum Gasteiger partial charge on any atom is 0.252 e. The van der Waals surface area contributed by atoms with Gasteiger partial charge in [0.2, 0.25) is 5.95 Å². The topological polar surface area (TPSA) is 49.0 Å². The normalized spacial score (nSPS) is 9.92. The van der Waals surface area contributed by atoms with E-state index in [9.17, 15) is 4.79 Å². The molecule has 0 saturated carbocycles. The van der Waals surface area contributed by atoms with E-state index in [1.165, 1.54) is 6.07 Å². The monoisotopic (exact) mass is 187 g/mol. The van der Waals surface area contributed by atoms with Crippen molar-refractivity contribution in [2.24, 2.45) is 0 Å². The number of aromatic amines is 1. The average molecular weight is 188 g/mol. The van der Waals surface area contributed by atoms with E-state index in [0.29, 0.717) is 11.6 Å². The first-order chi connectivity index (χ1) is 5.63. The van der Waals surface area contributed by atoms with Crippen LogP contribution in [0.1, 0.15) is 5.69 Å². The van der Waals surface area contributed by atoms with E-state index in [2.05, 4.69) is 9.97 Å². The number of aromatic nitrogens is 2. The van der Waals surface area contributed by atoms with Gasteiger partial charge in [-0.15, -0.1) is 11.6 Å². The zero-order chi connectivity index (χ0) is 9.14. The van der Waals surface area contributed by atoms with E-state index in [-0.39, 0.29) is 11.4 Å². The third kappa shape index (κ3) is 1.98. The lowest BCUT2D eigenvalue weighted by Gasteiger charge is -2.10. The fraction of sp³-hybridized carbons (Fsp3) is 0.429. The van der Waals surface area contributed by atoms with Crippen LogP contribution < -0.4 is 10.5 Å². The zero-order valence-electron chi connectivity index (χ0n) is 6.97. The molecular formula is C7H10ClN3O. The van der Waals surface area contributed by atoms with E-state index in [0.717, 1.165) is 0 Å². The fourth-order valence-corrected chi connectivity index (χ4v) is 0.911. The first kappa shape index (κ1) is 9.06. The van der Waals surface area contributed by atoms with Crippen molar-refractivity contribution >= 4 is 17.5 Å². The van der Waals surface area contributed by atoms with Crippen molar-refractivity contribution in [1.82, 2.24) is 9.97 Å². The molecule has 0 unspecified atom stereocenters. The van der Waals surface area contributed by atoms with Crippen LogP contribution in [0, 0.1) is 0 Å². The summed E-state index contributed by atoms with van der Waals surface area (Å²) in [5, 5.41) is 0. The summed E-state index contributed by atoms with van der Waals surface area (Å²) < 4.78 is 0. The first-order valence-corrected chi connectivity index (χ1v) is 4.00. The molecule has 0 amide bonds. The molecule has 0 bridgehead atoms. The van der Waals surface area contributed by atoms with Gasteiger partial charge < -0.3 is 4.90 Å². The molecule has 1 aromatic rings. The summed E-state index contributed by atoms with van der Waals surface area (Å²) >= 11 is 5.54. The molecule has 1 N–H and O–H groups in total. The molecule has 0 radical (unpaired) electrons. The standard InChI is InChI=1S/C7H10ClN3O/c1-11(2)7-9-5(4-8)3-6(12)10-7/h3H,4H2,1-2H3,(H,9,10,12). The quantitative estimate of drug-likeness (QED) is 0.689. The Morgan fingerprint density at radius 2 is 2.33 bits per heavy atom. The molecule has 0 aliphatic carbocycles. The van der Waals surface area contributed by atoms with Crippen molar-refractivity contribution in [1.29, 1.82) is 0 Å². The van der Waals surface area contributed by atoms with Gasteiger partial charge in [-0.2, -0.15) is 0 Å². The molecule has 1 rings (SSSR count). The van der Waals surface area contributed by atoms with Crippen LogP contribution in [0.4, 0.5) is 5.95 Å². The molecule has 0 fully saturated rings. The van der Waals surface area contributed by atoms with Gasteiger partial charge >= 0.3 is 0 Å². The number of hydrogen-bond donors (Lipinski definition) is 1. The molecule has 0 aromatic carbocycles. The lowest BCUT2D eigenvalue weighted by atomic mass is 10.4. The zero-order valence-corrected chi connectivity index (χ0v) is 7.72. The number of hydrogen-bond acceptors (Lipinski definition) is 3. The van der Waals surface area contributed by atoms with Crippen LogP contribution in [0.3, 0.4) is 0 Å². The van der Waals surface area contributed by atoms with Gasteiger partial charge in [0.15, 0.2) is 0 Å². The summed E-state index contributed by atoms with van der Waals surface area (Å²) in [4.78, 5) is 19.4. The van der Waals surface area contributed by atoms with Crippen molar-refractivity contribution in [2.75, 3.05) is 19.0 Å². The number of alkyl halides is 1. The average Bonchev–Trinajstić information content (AvgIpc) is 2.03. The van der Waals surface area contributed by atoms with E-state index in [4.69, 9.17) is 11.6 Å². The second-order valence-electron chi connectivity index (χ2n) is 2.59. The molecule has 66 valence electrons. The maximum atomic E-state index is 11.0. The highest BCUT2D eigenvalue weighted by molar-refractivity contribution is 6.16. The molecule has 1 aromatic heterocycles. The lowest BCUT2D eigenvalue weighted by Crippen LogP contribution is -2.19. The van der Waals surface area contributed by atoms with Gasteiger partial charge in [0.25, 0.3) is 5.56 Å². The maximum absolute atomic E-state index is 11.0. The van der Waals surface area contributed by atoms with Crippen molar-refractivity contribution in [3.8, 4) is 0 Å². The van der Waals surface area contributed by atoms with Gasteiger partial charge in [-0.05, 0) is 0 Å². The molecule has 0 saturated heterocycles. The largest absolute Gasteiger partial charge is 0.348 e. The van der Waals surface area contributed by atoms with Crippen LogP contribution in [0.25, 0.3) is 0 Å². The summed E-state index contributed by atoms with van der Waals surface area (Å²) in [5.41, 5.74) is 0.411. The van der Waals surface area contributed by atoms with Crippen LogP contribution in [0.2, 0.25) is 0 Å². The molecule has 0 aliphatic heterocycles. The first-order valence-electron chi connectivity index (χ1n) is 3.47. The second kappa shape index (κ2) is 3.58. The third-order valence-electron chi connectivity index (χ3n) is 1.34. The summed E-state index contributed by atoms with van der Waals surface area (Å²) in [6, 6.07) is 1.39. The van der Waals surface area contributed by atoms with Crippen molar-refractivity contribution in [3.63, 3.8) is 0 Å². The van der Waals surface area contributed by atoms with Gasteiger partial charge in [-0.3, -0.25) is 9.78 Å². The SMILES string of the molecule is CN(C)c1nc(CCl)cc(=O)[nH]1. The van der Waals surface area contributed by atoms with Crippen molar-refractivity contribution in [2.45, 2.75) is 5.88 Å². The minimum atomic E-state index is -0.177. The summed E-state index contributed by atoms with van der Waals surface area (Å²) in [6.07, 6.45) is 0. The van der Waals surface area contributed by atoms with Crippen LogP contribution in [0.5, 0.6) is 0 Å². The van der Waals surface area contributed by atoms with E-state index in [1.807, 2.05) is 0 Å². The van der Waals surface area contributed by atoms with E-state index >= 15 is 0 Å². The molecule has 5 heteroatoms. The minimum Gasteiger partial charge on any atom is -0.348 e. The molecule has 1 heterocycles. The van der Waals surface area contributed by atoms with Gasteiger partial charge in [0.1, 0.15) is 0 Å². The summed E-state index contributed by atoms with van der Waals surface area (Å²) in [5.74, 6) is 0.781. The molecule has 0 spiro atoms. The molecular weight excluding hydrogens is 178 g/mol. The Hall–Kier alpha value is -1.03. The van der Waals surface area contributed by atoms with Gasteiger partial charge in [-0.1, -0.05) is 0 Å². The highest BCUT2D eigenvalue weighted by Gasteiger charge is 2.00. The second-order valence-corrected chi connectivity index (χ2v) is 2.86. The van der Waals surface area contributed by atoms with E-state index < -0.39 is 0 Å². The number of halogens is 1. The van der Waals surface area contributed by atoms with Crippen molar-refractivity contribution < 1.29 is 0 Å². The highest BCUT2D eigenvalue weighted by atomic mass is 35.5. The molecule has 12 heavy (non-hydrogen) atoms. The molecule has 0 aliphatic rings. The van der Waals surface area contributed by atoms with Gasteiger partial charge in [0.05, 0.1) is 11.6 Å². The Bertz CT molecular complexity index is 321. The van der Waals surface area contributed by atoms with Gasteiger partial charge in [0, 0.05) is 20.2 Å². The predicted octanol–water partition coefficient (Wildman–Crippen LogP) is 0.575. The lowest BCUT2D eigenvalue weighted by molar-refractivity contribution is 0.954. The minimum absolute atomic E-state index is 0.177. The van der Waals surface area contributed by atoms with Gasteiger partial charge in [-0.25, -0.2) is 4.98 Å². The van der Waals surface area contributed by atoms with Crippen molar-refractivity contribution in [3.05, 3.63) is 22.1 Å². The Kier molecular flexibility index (Phi) is 2.70. The number of nitrogens with zero attached hydrogens (tertiary/aromatic N) is 2. The summed E-state index contributed by atoms with van der Waals surface area (Å²) in [7, 11) is 3.60. The Balaban J connectivity index is 3.15. The highest BCUT2D eigenvalue weighted by Crippen LogP contribution is 2.02. The summed E-state index contributed by atoms with van der Waals surface area (Å²) in [6.45, 7) is 0. The molecule has 0 atom stereocenters. The predicted molar refractivity (Wildman–Crippen MR) is 48.7 cm³/mol. The number of nitrogens with one attached hydrogen (secondary N) is 1.